The maximum absolute atomic E-state index is 9.91. The smallest absolute Gasteiger partial charge is 0.123 e. The summed E-state index contributed by atoms with van der Waals surface area (Å²) in [5.41, 5.74) is 2.17. The van der Waals surface area contributed by atoms with Crippen LogP contribution < -0.4 is 5.32 Å². The number of hydrogen-bond acceptors (Lipinski definition) is 3. The van der Waals surface area contributed by atoms with E-state index in [0.717, 1.165) is 26.4 Å². The standard InChI is InChI=1S/C16H14ClNOS/c1-10(11-8-16(17)20-9-11)18-14-6-2-5-13-12(14)4-3-7-15(13)19/h2-10,18-19H,1H3. The summed E-state index contributed by atoms with van der Waals surface area (Å²) in [6.07, 6.45) is 0. The normalized spacial score (nSPS) is 12.5. The van der Waals surface area contributed by atoms with Gasteiger partial charge < -0.3 is 10.4 Å². The van der Waals surface area contributed by atoms with Gasteiger partial charge in [0.25, 0.3) is 0 Å². The molecule has 2 nitrogen and oxygen atoms in total. The van der Waals surface area contributed by atoms with E-state index in [-0.39, 0.29) is 6.04 Å². The molecule has 0 saturated heterocycles. The summed E-state index contributed by atoms with van der Waals surface area (Å²) in [6, 6.07) is 13.6. The van der Waals surface area contributed by atoms with Gasteiger partial charge >= 0.3 is 0 Å². The Bertz CT molecular complexity index is 753. The molecule has 20 heavy (non-hydrogen) atoms. The largest absolute Gasteiger partial charge is 0.507 e. The third-order valence-electron chi connectivity index (χ3n) is 3.36. The third-order valence-corrected chi connectivity index (χ3v) is 4.47. The quantitative estimate of drug-likeness (QED) is 0.676. The molecule has 0 spiro atoms. The highest BCUT2D eigenvalue weighted by Gasteiger charge is 2.10. The first-order valence-electron chi connectivity index (χ1n) is 6.36. The summed E-state index contributed by atoms with van der Waals surface area (Å²) in [6.45, 7) is 2.10. The fraction of sp³-hybridized carbons (Fsp3) is 0.125. The van der Waals surface area contributed by atoms with E-state index in [0.29, 0.717) is 5.75 Å². The van der Waals surface area contributed by atoms with Crippen molar-refractivity contribution in [2.75, 3.05) is 5.32 Å². The van der Waals surface area contributed by atoms with Gasteiger partial charge in [-0.3, -0.25) is 0 Å². The summed E-state index contributed by atoms with van der Waals surface area (Å²) >= 11 is 7.52. The van der Waals surface area contributed by atoms with E-state index in [1.165, 1.54) is 11.3 Å². The Labute approximate surface area is 126 Å². The Kier molecular flexibility index (Phi) is 3.55. The van der Waals surface area contributed by atoms with Crippen LogP contribution in [0.15, 0.2) is 47.8 Å². The first kappa shape index (κ1) is 13.3. The van der Waals surface area contributed by atoms with Crippen LogP contribution in [0.5, 0.6) is 5.75 Å². The van der Waals surface area contributed by atoms with E-state index in [1.54, 1.807) is 6.07 Å². The monoisotopic (exact) mass is 303 g/mol. The molecule has 1 unspecified atom stereocenters. The van der Waals surface area contributed by atoms with Gasteiger partial charge in [-0.1, -0.05) is 35.9 Å². The minimum Gasteiger partial charge on any atom is -0.507 e. The van der Waals surface area contributed by atoms with Gasteiger partial charge in [0, 0.05) is 22.5 Å². The maximum Gasteiger partial charge on any atom is 0.123 e. The molecule has 0 amide bonds. The van der Waals surface area contributed by atoms with E-state index < -0.39 is 0 Å². The van der Waals surface area contributed by atoms with Gasteiger partial charge in [0.15, 0.2) is 0 Å². The average Bonchev–Trinajstić information content (AvgIpc) is 2.87. The molecule has 2 aromatic carbocycles. The van der Waals surface area contributed by atoms with E-state index in [9.17, 15) is 5.11 Å². The minimum absolute atomic E-state index is 0.159. The summed E-state index contributed by atoms with van der Waals surface area (Å²) in [5.74, 6) is 0.303. The number of anilines is 1. The second kappa shape index (κ2) is 5.35. The van der Waals surface area contributed by atoms with E-state index >= 15 is 0 Å². The van der Waals surface area contributed by atoms with E-state index in [2.05, 4.69) is 17.6 Å². The second-order valence-corrected chi connectivity index (χ2v) is 6.27. The molecule has 102 valence electrons. The lowest BCUT2D eigenvalue weighted by Gasteiger charge is -2.16. The number of thiophene rings is 1. The molecule has 3 aromatic rings. The van der Waals surface area contributed by atoms with Crippen molar-refractivity contribution >= 4 is 39.4 Å². The first-order chi connectivity index (χ1) is 9.65. The van der Waals surface area contributed by atoms with Crippen molar-refractivity contribution in [3.05, 3.63) is 57.7 Å². The van der Waals surface area contributed by atoms with Crippen molar-refractivity contribution in [1.29, 1.82) is 0 Å². The fourth-order valence-corrected chi connectivity index (χ4v) is 3.27. The minimum atomic E-state index is 0.159. The molecule has 0 bridgehead atoms. The van der Waals surface area contributed by atoms with Crippen molar-refractivity contribution in [1.82, 2.24) is 0 Å². The Morgan fingerprint density at radius 2 is 1.90 bits per heavy atom. The Balaban J connectivity index is 1.97. The number of rotatable bonds is 3. The number of fused-ring (bicyclic) bond motifs is 1. The predicted molar refractivity (Wildman–Crippen MR) is 87.0 cm³/mol. The topological polar surface area (TPSA) is 32.3 Å². The van der Waals surface area contributed by atoms with Crippen molar-refractivity contribution in [3.8, 4) is 5.75 Å². The van der Waals surface area contributed by atoms with Crippen LogP contribution in [0.4, 0.5) is 5.69 Å². The number of phenolic OH excluding ortho intramolecular Hbond substituents is 1. The molecule has 1 aromatic heterocycles. The number of halogens is 1. The third kappa shape index (κ3) is 2.47. The SMILES string of the molecule is CC(Nc1cccc2c(O)cccc12)c1csc(Cl)c1. The molecule has 4 heteroatoms. The summed E-state index contributed by atoms with van der Waals surface area (Å²) < 4.78 is 0.796. The molecule has 2 N–H and O–H groups in total. The van der Waals surface area contributed by atoms with Crippen LogP contribution in [-0.4, -0.2) is 5.11 Å². The Morgan fingerprint density at radius 3 is 2.65 bits per heavy atom. The lowest BCUT2D eigenvalue weighted by molar-refractivity contribution is 0.481. The highest BCUT2D eigenvalue weighted by molar-refractivity contribution is 7.14. The molecule has 0 aliphatic rings. The van der Waals surface area contributed by atoms with Crippen molar-refractivity contribution < 1.29 is 5.11 Å². The molecule has 1 heterocycles. The van der Waals surface area contributed by atoms with Gasteiger partial charge in [-0.05, 0) is 36.1 Å². The molecule has 3 rings (SSSR count). The Hall–Kier alpha value is -1.71. The first-order valence-corrected chi connectivity index (χ1v) is 7.62. The summed E-state index contributed by atoms with van der Waals surface area (Å²) in [7, 11) is 0. The number of aromatic hydroxyl groups is 1. The zero-order chi connectivity index (χ0) is 14.1. The number of nitrogens with one attached hydrogen (secondary N) is 1. The highest BCUT2D eigenvalue weighted by Crippen LogP contribution is 2.33. The van der Waals surface area contributed by atoms with E-state index in [4.69, 9.17) is 11.6 Å². The van der Waals surface area contributed by atoms with Gasteiger partial charge in [0.2, 0.25) is 0 Å². The van der Waals surface area contributed by atoms with Crippen molar-refractivity contribution in [3.63, 3.8) is 0 Å². The molecule has 0 saturated carbocycles. The lowest BCUT2D eigenvalue weighted by Crippen LogP contribution is -2.05. The summed E-state index contributed by atoms with van der Waals surface area (Å²) in [5, 5.41) is 17.3. The second-order valence-electron chi connectivity index (χ2n) is 4.73. The predicted octanol–water partition coefficient (Wildman–Crippen LogP) is 5.43. The van der Waals surface area contributed by atoms with E-state index in [1.807, 2.05) is 36.4 Å². The zero-order valence-electron chi connectivity index (χ0n) is 10.9. The van der Waals surface area contributed by atoms with Crippen LogP contribution in [0.25, 0.3) is 10.8 Å². The van der Waals surface area contributed by atoms with Gasteiger partial charge in [-0.25, -0.2) is 0 Å². The molecule has 1 atom stereocenters. The summed E-state index contributed by atoms with van der Waals surface area (Å²) in [4.78, 5) is 0. The molecule has 0 radical (unpaired) electrons. The van der Waals surface area contributed by atoms with Crippen LogP contribution in [0, 0.1) is 0 Å². The van der Waals surface area contributed by atoms with Gasteiger partial charge in [-0.15, -0.1) is 11.3 Å². The van der Waals surface area contributed by atoms with Crippen molar-refractivity contribution in [2.45, 2.75) is 13.0 Å². The van der Waals surface area contributed by atoms with Crippen LogP contribution in [0.2, 0.25) is 4.34 Å². The van der Waals surface area contributed by atoms with Crippen LogP contribution >= 0.6 is 22.9 Å². The number of benzene rings is 2. The van der Waals surface area contributed by atoms with Gasteiger partial charge in [0.1, 0.15) is 5.75 Å². The molecular weight excluding hydrogens is 290 g/mol. The van der Waals surface area contributed by atoms with Crippen LogP contribution in [0.3, 0.4) is 0 Å². The highest BCUT2D eigenvalue weighted by atomic mass is 35.5. The van der Waals surface area contributed by atoms with Gasteiger partial charge in [-0.2, -0.15) is 0 Å². The van der Waals surface area contributed by atoms with Crippen molar-refractivity contribution in [2.24, 2.45) is 0 Å². The number of phenols is 1. The maximum atomic E-state index is 9.91. The number of hydrogen-bond donors (Lipinski definition) is 2. The van der Waals surface area contributed by atoms with Gasteiger partial charge in [0.05, 0.1) is 4.34 Å². The fourth-order valence-electron chi connectivity index (χ4n) is 2.29. The zero-order valence-corrected chi connectivity index (χ0v) is 12.5. The molecular formula is C16H14ClNOS. The molecule has 0 fully saturated rings. The van der Waals surface area contributed by atoms with Crippen LogP contribution in [0.1, 0.15) is 18.5 Å². The molecule has 0 aliphatic carbocycles. The lowest BCUT2D eigenvalue weighted by atomic mass is 10.1. The van der Waals surface area contributed by atoms with Crippen LogP contribution in [-0.2, 0) is 0 Å². The average molecular weight is 304 g/mol. The molecule has 0 aliphatic heterocycles. The Morgan fingerprint density at radius 1 is 1.15 bits per heavy atom.